The van der Waals surface area contributed by atoms with Crippen molar-refractivity contribution in [3.8, 4) is 11.6 Å². The molecule has 1 saturated heterocycles. The van der Waals surface area contributed by atoms with Gasteiger partial charge in [-0.3, -0.25) is 9.55 Å². The van der Waals surface area contributed by atoms with Crippen LogP contribution in [0.2, 0.25) is 0 Å². The van der Waals surface area contributed by atoms with Gasteiger partial charge in [-0.25, -0.2) is 9.97 Å². The Hall–Kier alpha value is -3.97. The van der Waals surface area contributed by atoms with Gasteiger partial charge in [0.1, 0.15) is 24.5 Å². The van der Waals surface area contributed by atoms with Crippen LogP contribution in [0.15, 0.2) is 79.4 Å². The number of imidazole rings is 1. The first kappa shape index (κ1) is 20.6. The first-order chi connectivity index (χ1) is 16.7. The molecule has 34 heavy (non-hydrogen) atoms. The van der Waals surface area contributed by atoms with Crippen molar-refractivity contribution in [3.63, 3.8) is 0 Å². The van der Waals surface area contributed by atoms with E-state index < -0.39 is 0 Å². The standard InChI is InChI=1S/C27H26N6O/c28-21-10-13-32(14-11-21)25-5-1-4-20-6-9-26(31-27(20)25)33-18-30-23-15-22(7-8-24(23)33)34-17-19-3-2-12-29-16-19/h1-9,12,15-16,18,21H,10-11,13-14,17,28H2. The van der Waals surface area contributed by atoms with E-state index in [-0.39, 0.29) is 0 Å². The molecular weight excluding hydrogens is 424 g/mol. The average Bonchev–Trinajstić information content (AvgIpc) is 3.31. The van der Waals surface area contributed by atoms with Crippen molar-refractivity contribution in [2.24, 2.45) is 5.73 Å². The van der Waals surface area contributed by atoms with Gasteiger partial charge in [0.05, 0.1) is 22.2 Å². The highest BCUT2D eigenvalue weighted by atomic mass is 16.5. The van der Waals surface area contributed by atoms with Crippen molar-refractivity contribution in [1.82, 2.24) is 19.5 Å². The molecule has 170 valence electrons. The number of nitrogens with two attached hydrogens (primary N) is 1. The van der Waals surface area contributed by atoms with Crippen LogP contribution in [-0.4, -0.2) is 38.7 Å². The third-order valence-corrected chi connectivity index (χ3v) is 6.46. The van der Waals surface area contributed by atoms with Gasteiger partial charge in [0.15, 0.2) is 0 Å². The molecule has 0 bridgehead atoms. The second-order valence-electron chi connectivity index (χ2n) is 8.76. The van der Waals surface area contributed by atoms with E-state index in [1.807, 2.05) is 53.5 Å². The summed E-state index contributed by atoms with van der Waals surface area (Å²) in [6.45, 7) is 2.39. The van der Waals surface area contributed by atoms with Gasteiger partial charge in [-0.1, -0.05) is 18.2 Å². The summed E-state index contributed by atoms with van der Waals surface area (Å²) >= 11 is 0. The third-order valence-electron chi connectivity index (χ3n) is 6.46. The minimum absolute atomic E-state index is 0.297. The van der Waals surface area contributed by atoms with Gasteiger partial charge in [-0.05, 0) is 49.2 Å². The molecule has 0 atom stereocenters. The van der Waals surface area contributed by atoms with E-state index in [0.717, 1.165) is 65.0 Å². The van der Waals surface area contributed by atoms with Crippen LogP contribution in [0, 0.1) is 0 Å². The van der Waals surface area contributed by atoms with Crippen molar-refractivity contribution < 1.29 is 4.74 Å². The molecule has 0 amide bonds. The minimum atomic E-state index is 0.297. The highest BCUT2D eigenvalue weighted by molar-refractivity contribution is 5.92. The van der Waals surface area contributed by atoms with Crippen LogP contribution in [0.4, 0.5) is 5.69 Å². The smallest absolute Gasteiger partial charge is 0.139 e. The Morgan fingerprint density at radius 1 is 1.00 bits per heavy atom. The lowest BCUT2D eigenvalue weighted by Gasteiger charge is -2.32. The predicted octanol–water partition coefficient (Wildman–Crippen LogP) is 4.48. The summed E-state index contributed by atoms with van der Waals surface area (Å²) in [5, 5.41) is 1.13. The maximum absolute atomic E-state index is 6.12. The van der Waals surface area contributed by atoms with Gasteiger partial charge in [0, 0.05) is 48.5 Å². The Morgan fingerprint density at radius 3 is 2.76 bits per heavy atom. The SMILES string of the molecule is NC1CCN(c2cccc3ccc(-n4cnc5cc(OCc6cccnc6)ccc54)nc23)CC1. The fourth-order valence-corrected chi connectivity index (χ4v) is 4.57. The number of anilines is 1. The summed E-state index contributed by atoms with van der Waals surface area (Å²) in [5.41, 5.74) is 11.2. The van der Waals surface area contributed by atoms with E-state index in [2.05, 4.69) is 39.1 Å². The van der Waals surface area contributed by atoms with Crippen molar-refractivity contribution in [1.29, 1.82) is 0 Å². The van der Waals surface area contributed by atoms with Crippen LogP contribution < -0.4 is 15.4 Å². The number of benzene rings is 2. The van der Waals surface area contributed by atoms with Gasteiger partial charge in [-0.15, -0.1) is 0 Å². The first-order valence-electron chi connectivity index (χ1n) is 11.6. The molecule has 7 heteroatoms. The van der Waals surface area contributed by atoms with Crippen LogP contribution in [0.25, 0.3) is 27.8 Å². The summed E-state index contributed by atoms with van der Waals surface area (Å²) < 4.78 is 7.97. The second kappa shape index (κ2) is 8.76. The van der Waals surface area contributed by atoms with Crippen LogP contribution in [0.3, 0.4) is 0 Å². The zero-order valence-corrected chi connectivity index (χ0v) is 18.8. The van der Waals surface area contributed by atoms with Gasteiger partial charge in [-0.2, -0.15) is 0 Å². The summed E-state index contributed by atoms with van der Waals surface area (Å²) in [4.78, 5) is 16.2. The number of ether oxygens (including phenoxy) is 1. The molecule has 2 N–H and O–H groups in total. The highest BCUT2D eigenvalue weighted by Crippen LogP contribution is 2.29. The molecule has 3 aromatic heterocycles. The molecule has 0 radical (unpaired) electrons. The molecule has 1 aliphatic heterocycles. The van der Waals surface area contributed by atoms with Gasteiger partial charge >= 0.3 is 0 Å². The van der Waals surface area contributed by atoms with Gasteiger partial charge in [0.25, 0.3) is 0 Å². The lowest BCUT2D eigenvalue weighted by molar-refractivity contribution is 0.306. The van der Waals surface area contributed by atoms with E-state index >= 15 is 0 Å². The molecule has 1 fully saturated rings. The molecule has 0 unspecified atom stereocenters. The summed E-state index contributed by atoms with van der Waals surface area (Å²) in [6.07, 6.45) is 7.41. The number of pyridine rings is 2. The molecule has 0 spiro atoms. The zero-order valence-electron chi connectivity index (χ0n) is 18.8. The molecule has 2 aromatic carbocycles. The van der Waals surface area contributed by atoms with E-state index in [9.17, 15) is 0 Å². The second-order valence-corrected chi connectivity index (χ2v) is 8.76. The van der Waals surface area contributed by atoms with E-state index in [4.69, 9.17) is 15.5 Å². The lowest BCUT2D eigenvalue weighted by atomic mass is 10.0. The topological polar surface area (TPSA) is 82.1 Å². The number of para-hydroxylation sites is 1. The quantitative estimate of drug-likeness (QED) is 0.425. The van der Waals surface area contributed by atoms with Crippen LogP contribution >= 0.6 is 0 Å². The Labute approximate surface area is 197 Å². The van der Waals surface area contributed by atoms with Crippen molar-refractivity contribution in [2.45, 2.75) is 25.5 Å². The number of hydrogen-bond donors (Lipinski definition) is 1. The Kier molecular flexibility index (Phi) is 5.31. The molecule has 7 nitrogen and oxygen atoms in total. The number of fused-ring (bicyclic) bond motifs is 2. The van der Waals surface area contributed by atoms with Crippen molar-refractivity contribution >= 4 is 27.6 Å². The normalized spacial score (nSPS) is 14.7. The van der Waals surface area contributed by atoms with Crippen molar-refractivity contribution in [2.75, 3.05) is 18.0 Å². The van der Waals surface area contributed by atoms with E-state index in [0.29, 0.717) is 12.6 Å². The first-order valence-corrected chi connectivity index (χ1v) is 11.6. The van der Waals surface area contributed by atoms with Gasteiger partial charge in [0.2, 0.25) is 0 Å². The van der Waals surface area contributed by atoms with Crippen LogP contribution in [0.1, 0.15) is 18.4 Å². The van der Waals surface area contributed by atoms with Gasteiger partial charge < -0.3 is 15.4 Å². The number of rotatable bonds is 5. The number of hydrogen-bond acceptors (Lipinski definition) is 6. The highest BCUT2D eigenvalue weighted by Gasteiger charge is 2.19. The maximum atomic E-state index is 6.12. The molecule has 5 aromatic rings. The van der Waals surface area contributed by atoms with E-state index in [1.54, 1.807) is 6.20 Å². The average molecular weight is 451 g/mol. The summed E-state index contributed by atoms with van der Waals surface area (Å²) in [5.74, 6) is 1.62. The maximum Gasteiger partial charge on any atom is 0.139 e. The predicted molar refractivity (Wildman–Crippen MR) is 134 cm³/mol. The molecular formula is C27H26N6O. The lowest BCUT2D eigenvalue weighted by Crippen LogP contribution is -2.39. The number of aromatic nitrogens is 4. The molecule has 4 heterocycles. The summed E-state index contributed by atoms with van der Waals surface area (Å²) in [6, 6.07) is 20.7. The third kappa shape index (κ3) is 3.95. The molecule has 0 aliphatic carbocycles. The number of piperidine rings is 1. The molecule has 0 saturated carbocycles. The monoisotopic (exact) mass is 450 g/mol. The molecule has 6 rings (SSSR count). The minimum Gasteiger partial charge on any atom is -0.489 e. The molecule has 1 aliphatic rings. The van der Waals surface area contributed by atoms with Crippen LogP contribution in [-0.2, 0) is 6.61 Å². The van der Waals surface area contributed by atoms with Crippen molar-refractivity contribution in [3.05, 3.63) is 84.9 Å². The van der Waals surface area contributed by atoms with Crippen LogP contribution in [0.5, 0.6) is 5.75 Å². The number of nitrogens with zero attached hydrogens (tertiary/aromatic N) is 5. The summed E-state index contributed by atoms with van der Waals surface area (Å²) in [7, 11) is 0. The largest absolute Gasteiger partial charge is 0.489 e. The fraction of sp³-hybridized carbons (Fsp3) is 0.222. The Morgan fingerprint density at radius 2 is 1.91 bits per heavy atom. The van der Waals surface area contributed by atoms with E-state index in [1.165, 1.54) is 5.69 Å². The zero-order chi connectivity index (χ0) is 22.9. The Balaban J connectivity index is 1.31. The fourth-order valence-electron chi connectivity index (χ4n) is 4.57. The Bertz CT molecular complexity index is 1440.